The minimum Gasteiger partial charge on any atom is -0.366 e. The summed E-state index contributed by atoms with van der Waals surface area (Å²) in [6, 6.07) is 6.63. The molecular formula is C15H20N6O2. The van der Waals surface area contributed by atoms with E-state index >= 15 is 0 Å². The average Bonchev–Trinajstić information content (AvgIpc) is 2.95. The summed E-state index contributed by atoms with van der Waals surface area (Å²) in [5.74, 6) is 0.0658. The molecular weight excluding hydrogens is 296 g/mol. The maximum atomic E-state index is 11.9. The van der Waals surface area contributed by atoms with Crippen LogP contribution in [-0.4, -0.2) is 38.1 Å². The molecule has 0 unspecified atom stereocenters. The number of aromatic nitrogens is 4. The van der Waals surface area contributed by atoms with Crippen molar-refractivity contribution in [3.05, 3.63) is 29.8 Å². The number of carbonyl (C=O) groups excluding carboxylic acids is 2. The fraction of sp³-hybridized carbons (Fsp3) is 0.400. The number of nitrogens with zero attached hydrogens (tertiary/aromatic N) is 4. The van der Waals surface area contributed by atoms with Crippen LogP contribution in [0, 0.1) is 5.92 Å². The lowest BCUT2D eigenvalue weighted by Crippen LogP contribution is -2.38. The van der Waals surface area contributed by atoms with Crippen LogP contribution in [0.5, 0.6) is 0 Å². The number of benzene rings is 1. The molecule has 0 aliphatic rings. The summed E-state index contributed by atoms with van der Waals surface area (Å²) in [7, 11) is 0. The van der Waals surface area contributed by atoms with E-state index in [-0.39, 0.29) is 18.5 Å². The monoisotopic (exact) mass is 316 g/mol. The van der Waals surface area contributed by atoms with Crippen molar-refractivity contribution in [2.24, 2.45) is 11.7 Å². The van der Waals surface area contributed by atoms with Gasteiger partial charge in [0.1, 0.15) is 6.54 Å². The van der Waals surface area contributed by atoms with Crippen molar-refractivity contribution in [3.63, 3.8) is 0 Å². The molecule has 8 heteroatoms. The minimum absolute atomic E-state index is 0.00340. The number of carbonyl (C=O) groups is 2. The second kappa shape index (κ2) is 6.99. The molecule has 0 aliphatic carbocycles. The lowest BCUT2D eigenvalue weighted by atomic mass is 10.1. The van der Waals surface area contributed by atoms with Gasteiger partial charge in [-0.15, -0.1) is 10.2 Å². The van der Waals surface area contributed by atoms with Gasteiger partial charge in [-0.1, -0.05) is 26.0 Å². The van der Waals surface area contributed by atoms with Crippen molar-refractivity contribution in [2.45, 2.75) is 33.4 Å². The molecule has 0 fully saturated rings. The number of nitrogens with two attached hydrogens (primary N) is 1. The number of hydrogen-bond donors (Lipinski definition) is 2. The molecule has 0 saturated carbocycles. The molecule has 1 heterocycles. The van der Waals surface area contributed by atoms with E-state index in [1.54, 1.807) is 24.3 Å². The highest BCUT2D eigenvalue weighted by atomic mass is 16.2. The lowest BCUT2D eigenvalue weighted by molar-refractivity contribution is -0.123. The van der Waals surface area contributed by atoms with Gasteiger partial charge >= 0.3 is 0 Å². The van der Waals surface area contributed by atoms with E-state index in [2.05, 4.69) is 20.7 Å². The van der Waals surface area contributed by atoms with Crippen LogP contribution in [0.1, 0.15) is 31.1 Å². The molecule has 0 spiro atoms. The first-order chi connectivity index (χ1) is 10.9. The Morgan fingerprint density at radius 1 is 1.22 bits per heavy atom. The lowest BCUT2D eigenvalue weighted by Gasteiger charge is -2.16. The quantitative estimate of drug-likeness (QED) is 0.809. The molecule has 3 N–H and O–H groups in total. The van der Waals surface area contributed by atoms with Gasteiger partial charge < -0.3 is 11.1 Å². The molecule has 23 heavy (non-hydrogen) atoms. The number of amides is 2. The number of tetrazole rings is 1. The van der Waals surface area contributed by atoms with Crippen LogP contribution >= 0.6 is 0 Å². The van der Waals surface area contributed by atoms with E-state index in [1.165, 1.54) is 4.80 Å². The summed E-state index contributed by atoms with van der Waals surface area (Å²) in [6.45, 7) is 6.02. The fourth-order valence-corrected chi connectivity index (χ4v) is 1.80. The van der Waals surface area contributed by atoms with Crippen LogP contribution in [0.15, 0.2) is 24.3 Å². The van der Waals surface area contributed by atoms with Gasteiger partial charge in [-0.2, -0.15) is 4.80 Å². The first kappa shape index (κ1) is 16.6. The van der Waals surface area contributed by atoms with Crippen LogP contribution in [0.2, 0.25) is 0 Å². The van der Waals surface area contributed by atoms with Crippen molar-refractivity contribution in [1.82, 2.24) is 25.5 Å². The standard InChI is InChI=1S/C15H20N6O2/c1-9(2)10(3)17-13(22)8-21-19-15(18-20-21)12-6-4-11(5-7-12)14(16)23/h4-7,9-10H,8H2,1-3H3,(H2,16,23)(H,17,22)/t10-/m1/s1. The molecule has 8 nitrogen and oxygen atoms in total. The van der Waals surface area contributed by atoms with Gasteiger partial charge in [0, 0.05) is 17.2 Å². The zero-order valence-electron chi connectivity index (χ0n) is 13.4. The first-order valence-electron chi connectivity index (χ1n) is 7.34. The largest absolute Gasteiger partial charge is 0.366 e. The zero-order valence-corrected chi connectivity index (χ0v) is 13.4. The van der Waals surface area contributed by atoms with Gasteiger partial charge in [0.25, 0.3) is 0 Å². The first-order valence-corrected chi connectivity index (χ1v) is 7.34. The summed E-state index contributed by atoms with van der Waals surface area (Å²) in [5, 5.41) is 14.8. The van der Waals surface area contributed by atoms with Crippen LogP contribution in [0.25, 0.3) is 11.4 Å². The van der Waals surface area contributed by atoms with E-state index in [0.29, 0.717) is 22.9 Å². The smallest absolute Gasteiger partial charge is 0.248 e. The predicted octanol–water partition coefficient (Wildman–Crippen LogP) is 0.600. The van der Waals surface area contributed by atoms with Crippen LogP contribution in [-0.2, 0) is 11.3 Å². The Labute approximate surface area is 134 Å². The summed E-state index contributed by atoms with van der Waals surface area (Å²) in [5.41, 5.74) is 6.29. The number of nitrogens with one attached hydrogen (secondary N) is 1. The molecule has 1 aromatic carbocycles. The van der Waals surface area contributed by atoms with Crippen LogP contribution < -0.4 is 11.1 Å². The summed E-state index contributed by atoms with van der Waals surface area (Å²) < 4.78 is 0. The summed E-state index contributed by atoms with van der Waals surface area (Å²) in [6.07, 6.45) is 0. The van der Waals surface area contributed by atoms with E-state index < -0.39 is 5.91 Å². The molecule has 2 aromatic rings. The Morgan fingerprint density at radius 3 is 2.43 bits per heavy atom. The number of hydrogen-bond acceptors (Lipinski definition) is 5. The number of primary amides is 1. The van der Waals surface area contributed by atoms with Crippen molar-refractivity contribution >= 4 is 11.8 Å². The highest BCUT2D eigenvalue weighted by Gasteiger charge is 2.13. The van der Waals surface area contributed by atoms with Crippen molar-refractivity contribution in [3.8, 4) is 11.4 Å². The topological polar surface area (TPSA) is 116 Å². The average molecular weight is 316 g/mol. The van der Waals surface area contributed by atoms with E-state index in [9.17, 15) is 9.59 Å². The van der Waals surface area contributed by atoms with Crippen LogP contribution in [0.4, 0.5) is 0 Å². The van der Waals surface area contributed by atoms with E-state index in [4.69, 9.17) is 5.73 Å². The molecule has 1 aromatic heterocycles. The van der Waals surface area contributed by atoms with Crippen molar-refractivity contribution in [1.29, 1.82) is 0 Å². The molecule has 0 radical (unpaired) electrons. The second-order valence-corrected chi connectivity index (χ2v) is 5.69. The van der Waals surface area contributed by atoms with E-state index in [0.717, 1.165) is 0 Å². The summed E-state index contributed by atoms with van der Waals surface area (Å²) in [4.78, 5) is 24.2. The molecule has 0 saturated heterocycles. The van der Waals surface area contributed by atoms with Gasteiger partial charge in [-0.05, 0) is 30.2 Å². The third kappa shape index (κ3) is 4.35. The Morgan fingerprint density at radius 2 is 1.87 bits per heavy atom. The third-order valence-electron chi connectivity index (χ3n) is 3.55. The molecule has 122 valence electrons. The normalized spacial score (nSPS) is 12.2. The highest BCUT2D eigenvalue weighted by Crippen LogP contribution is 2.14. The van der Waals surface area contributed by atoms with E-state index in [1.807, 2.05) is 20.8 Å². The van der Waals surface area contributed by atoms with Crippen LogP contribution in [0.3, 0.4) is 0 Å². The predicted molar refractivity (Wildman–Crippen MR) is 84.2 cm³/mol. The molecule has 2 rings (SSSR count). The van der Waals surface area contributed by atoms with Crippen molar-refractivity contribution < 1.29 is 9.59 Å². The molecule has 0 aliphatic heterocycles. The molecule has 1 atom stereocenters. The van der Waals surface area contributed by atoms with Gasteiger partial charge in [-0.25, -0.2) is 0 Å². The zero-order chi connectivity index (χ0) is 17.0. The Kier molecular flexibility index (Phi) is 5.05. The highest BCUT2D eigenvalue weighted by molar-refractivity contribution is 5.93. The van der Waals surface area contributed by atoms with Gasteiger partial charge in [0.05, 0.1) is 0 Å². The Balaban J connectivity index is 2.03. The minimum atomic E-state index is -0.496. The Bertz CT molecular complexity index is 692. The summed E-state index contributed by atoms with van der Waals surface area (Å²) >= 11 is 0. The fourth-order valence-electron chi connectivity index (χ4n) is 1.80. The maximum Gasteiger partial charge on any atom is 0.248 e. The molecule has 2 amide bonds. The second-order valence-electron chi connectivity index (χ2n) is 5.69. The van der Waals surface area contributed by atoms with Gasteiger partial charge in [-0.3, -0.25) is 9.59 Å². The number of rotatable bonds is 6. The Hall–Kier alpha value is -2.77. The van der Waals surface area contributed by atoms with Crippen molar-refractivity contribution in [2.75, 3.05) is 0 Å². The third-order valence-corrected chi connectivity index (χ3v) is 3.55. The van der Waals surface area contributed by atoms with Gasteiger partial charge in [0.15, 0.2) is 0 Å². The maximum absolute atomic E-state index is 11.9. The van der Waals surface area contributed by atoms with Gasteiger partial charge in [0.2, 0.25) is 17.6 Å². The SMILES string of the molecule is CC(C)[C@@H](C)NC(=O)Cn1nnc(-c2ccc(C(N)=O)cc2)n1. The molecule has 0 bridgehead atoms.